The van der Waals surface area contributed by atoms with E-state index in [0.717, 1.165) is 44.9 Å². The van der Waals surface area contributed by atoms with Crippen LogP contribution in [-0.2, 0) is 14.9 Å². The Balaban J connectivity index is 1.54. The number of ether oxygens (including phenoxy) is 1. The van der Waals surface area contributed by atoms with Crippen molar-refractivity contribution in [3.8, 4) is 5.75 Å². The van der Waals surface area contributed by atoms with E-state index in [1.165, 1.54) is 24.3 Å². The topological polar surface area (TPSA) is 101 Å². The van der Waals surface area contributed by atoms with Gasteiger partial charge >= 0.3 is 5.97 Å². The third-order valence-corrected chi connectivity index (χ3v) is 6.88. The Morgan fingerprint density at radius 1 is 1.12 bits per heavy atom. The second-order valence-electron chi connectivity index (χ2n) is 7.84. The lowest BCUT2D eigenvalue weighted by Gasteiger charge is -2.37. The molecule has 2 unspecified atom stereocenters. The Labute approximate surface area is 154 Å². The Morgan fingerprint density at radius 2 is 1.73 bits per heavy atom. The molecule has 0 radical (unpaired) electrons. The maximum atomic E-state index is 12.4. The van der Waals surface area contributed by atoms with Gasteiger partial charge in [0.15, 0.2) is 0 Å². The van der Waals surface area contributed by atoms with Crippen molar-refractivity contribution in [1.82, 2.24) is 0 Å². The number of carbonyl (C=O) groups is 1. The van der Waals surface area contributed by atoms with E-state index in [1.807, 2.05) is 6.92 Å². The van der Waals surface area contributed by atoms with Crippen LogP contribution in [0.5, 0.6) is 5.75 Å². The van der Waals surface area contributed by atoms with Crippen molar-refractivity contribution in [2.45, 2.75) is 62.4 Å². The molecule has 2 aliphatic rings. The lowest BCUT2D eigenvalue weighted by Crippen LogP contribution is -2.37. The van der Waals surface area contributed by atoms with Crippen molar-refractivity contribution in [2.75, 3.05) is 0 Å². The summed E-state index contributed by atoms with van der Waals surface area (Å²) in [7, 11) is -4.25. The van der Waals surface area contributed by atoms with Crippen LogP contribution in [0.3, 0.4) is 0 Å². The van der Waals surface area contributed by atoms with Gasteiger partial charge in [-0.3, -0.25) is 9.35 Å². The van der Waals surface area contributed by atoms with E-state index in [1.54, 1.807) is 0 Å². The van der Waals surface area contributed by atoms with Gasteiger partial charge in [-0.15, -0.1) is 0 Å². The molecule has 2 N–H and O–H groups in total. The van der Waals surface area contributed by atoms with Gasteiger partial charge in [-0.05, 0) is 81.5 Å². The molecule has 0 amide bonds. The molecule has 2 aliphatic carbocycles. The molecule has 2 atom stereocenters. The van der Waals surface area contributed by atoms with Gasteiger partial charge in [0.25, 0.3) is 10.1 Å². The van der Waals surface area contributed by atoms with E-state index in [4.69, 9.17) is 9.29 Å². The Kier molecular flexibility index (Phi) is 5.42. The second-order valence-corrected chi connectivity index (χ2v) is 9.26. The molecule has 6 nitrogen and oxygen atoms in total. The maximum Gasteiger partial charge on any atom is 0.314 e. The second kappa shape index (κ2) is 7.29. The molecule has 1 aromatic rings. The predicted octanol–water partition coefficient (Wildman–Crippen LogP) is 3.20. The van der Waals surface area contributed by atoms with Crippen LogP contribution < -0.4 is 4.74 Å². The van der Waals surface area contributed by atoms with Gasteiger partial charge < -0.3 is 9.84 Å². The van der Waals surface area contributed by atoms with Crippen LogP contribution in [0.1, 0.15) is 51.9 Å². The van der Waals surface area contributed by atoms with E-state index < -0.39 is 15.7 Å². The van der Waals surface area contributed by atoms with Crippen LogP contribution in [0, 0.1) is 17.8 Å². The third-order valence-electron chi connectivity index (χ3n) is 6.01. The first-order valence-electron chi connectivity index (χ1n) is 9.18. The first kappa shape index (κ1) is 19.3. The van der Waals surface area contributed by atoms with E-state index in [-0.39, 0.29) is 22.5 Å². The van der Waals surface area contributed by atoms with Crippen molar-refractivity contribution in [2.24, 2.45) is 17.8 Å². The number of rotatable bonds is 4. The lowest BCUT2D eigenvalue weighted by molar-refractivity contribution is -0.140. The van der Waals surface area contributed by atoms with Crippen LogP contribution in [-0.4, -0.2) is 29.6 Å². The normalized spacial score (nSPS) is 32.3. The highest BCUT2D eigenvalue weighted by atomic mass is 32.2. The van der Waals surface area contributed by atoms with E-state index >= 15 is 0 Å². The number of carbonyl (C=O) groups excluding carboxylic acids is 1. The van der Waals surface area contributed by atoms with Crippen molar-refractivity contribution < 1.29 is 27.6 Å². The molecule has 0 heterocycles. The predicted molar refractivity (Wildman–Crippen MR) is 95.3 cm³/mol. The SMILES string of the molecule is CC1(O)CCCC1C1CCC(C(=O)Oc2ccc(S(=O)(=O)O)cc2)CC1. The van der Waals surface area contributed by atoms with E-state index in [2.05, 4.69) is 0 Å². The van der Waals surface area contributed by atoms with Crippen molar-refractivity contribution in [3.05, 3.63) is 24.3 Å². The summed E-state index contributed by atoms with van der Waals surface area (Å²) in [5.74, 6) is 0.585. The molecule has 26 heavy (non-hydrogen) atoms. The van der Waals surface area contributed by atoms with Gasteiger partial charge in [0.05, 0.1) is 16.4 Å². The number of hydrogen-bond donors (Lipinski definition) is 2. The molecule has 0 saturated heterocycles. The van der Waals surface area contributed by atoms with Gasteiger partial charge in [-0.2, -0.15) is 8.42 Å². The molecular formula is C19H26O6S. The molecule has 1 aromatic carbocycles. The summed E-state index contributed by atoms with van der Waals surface area (Å²) in [6, 6.07) is 5.14. The van der Waals surface area contributed by atoms with E-state index in [0.29, 0.717) is 11.8 Å². The highest BCUT2D eigenvalue weighted by molar-refractivity contribution is 7.85. The van der Waals surface area contributed by atoms with Crippen LogP contribution in [0.4, 0.5) is 0 Å². The fourth-order valence-electron chi connectivity index (χ4n) is 4.56. The zero-order valence-electron chi connectivity index (χ0n) is 14.9. The Bertz CT molecular complexity index is 745. The fourth-order valence-corrected chi connectivity index (χ4v) is 5.04. The summed E-state index contributed by atoms with van der Waals surface area (Å²) < 4.78 is 36.4. The number of esters is 1. The average Bonchev–Trinajstić information content (AvgIpc) is 2.94. The number of benzene rings is 1. The monoisotopic (exact) mass is 382 g/mol. The Morgan fingerprint density at radius 3 is 2.23 bits per heavy atom. The summed E-state index contributed by atoms with van der Waals surface area (Å²) >= 11 is 0. The first-order valence-corrected chi connectivity index (χ1v) is 10.6. The quantitative estimate of drug-likeness (QED) is 0.471. The van der Waals surface area contributed by atoms with Crippen LogP contribution in [0.2, 0.25) is 0 Å². The van der Waals surface area contributed by atoms with Crippen LogP contribution in [0.15, 0.2) is 29.2 Å². The van der Waals surface area contributed by atoms with Gasteiger partial charge in [-0.25, -0.2) is 0 Å². The maximum absolute atomic E-state index is 12.4. The Hall–Kier alpha value is -1.44. The van der Waals surface area contributed by atoms with Crippen LogP contribution >= 0.6 is 0 Å². The van der Waals surface area contributed by atoms with Crippen molar-refractivity contribution in [1.29, 1.82) is 0 Å². The fraction of sp³-hybridized carbons (Fsp3) is 0.632. The summed E-state index contributed by atoms with van der Waals surface area (Å²) in [4.78, 5) is 12.1. The smallest absolute Gasteiger partial charge is 0.314 e. The molecule has 0 aromatic heterocycles. The molecule has 3 rings (SSSR count). The standard InChI is InChI=1S/C19H26O6S/c1-19(21)12-2-3-17(19)13-4-6-14(7-5-13)18(20)25-15-8-10-16(11-9-15)26(22,23)24/h8-11,13-14,17,21H,2-7,12H2,1H3,(H,22,23,24). The summed E-state index contributed by atoms with van der Waals surface area (Å²) in [5.41, 5.74) is -0.577. The molecule has 0 spiro atoms. The minimum atomic E-state index is -4.25. The summed E-state index contributed by atoms with van der Waals surface area (Å²) in [5, 5.41) is 10.5. The van der Waals surface area contributed by atoms with Gasteiger partial charge in [0.2, 0.25) is 0 Å². The van der Waals surface area contributed by atoms with Gasteiger partial charge in [-0.1, -0.05) is 6.42 Å². The van der Waals surface area contributed by atoms with Gasteiger partial charge in [0.1, 0.15) is 5.75 Å². The zero-order chi connectivity index (χ0) is 18.9. The van der Waals surface area contributed by atoms with Crippen molar-refractivity contribution in [3.63, 3.8) is 0 Å². The minimum Gasteiger partial charge on any atom is -0.426 e. The largest absolute Gasteiger partial charge is 0.426 e. The highest BCUT2D eigenvalue weighted by Crippen LogP contribution is 2.46. The molecule has 0 bridgehead atoms. The molecule has 144 valence electrons. The first-order chi connectivity index (χ1) is 12.2. The molecule has 2 fully saturated rings. The highest BCUT2D eigenvalue weighted by Gasteiger charge is 2.43. The minimum absolute atomic E-state index is 0.168. The van der Waals surface area contributed by atoms with Crippen LogP contribution in [0.25, 0.3) is 0 Å². The van der Waals surface area contributed by atoms with Gasteiger partial charge in [0, 0.05) is 0 Å². The zero-order valence-corrected chi connectivity index (χ0v) is 15.7. The van der Waals surface area contributed by atoms with E-state index in [9.17, 15) is 18.3 Å². The summed E-state index contributed by atoms with van der Waals surface area (Å²) in [6.07, 6.45) is 6.33. The average molecular weight is 382 g/mol. The molecule has 2 saturated carbocycles. The molecule has 0 aliphatic heterocycles. The number of hydrogen-bond acceptors (Lipinski definition) is 5. The molecular weight excluding hydrogens is 356 g/mol. The summed E-state index contributed by atoms with van der Waals surface area (Å²) in [6.45, 7) is 1.93. The lowest BCUT2D eigenvalue weighted by atomic mass is 9.71. The van der Waals surface area contributed by atoms with Crippen molar-refractivity contribution >= 4 is 16.1 Å². The molecule has 7 heteroatoms. The third kappa shape index (κ3) is 4.27. The number of aliphatic hydroxyl groups is 1.